The number of aromatic carboxylic acids is 1. The zero-order chi connectivity index (χ0) is 20.0. The van der Waals surface area contributed by atoms with Crippen molar-refractivity contribution in [3.63, 3.8) is 0 Å². The maximum absolute atomic E-state index is 12.5. The van der Waals surface area contributed by atoms with Gasteiger partial charge < -0.3 is 29.4 Å². The molecule has 0 saturated carbocycles. The van der Waals surface area contributed by atoms with Gasteiger partial charge in [-0.1, -0.05) is 18.2 Å². The van der Waals surface area contributed by atoms with Crippen molar-refractivity contribution < 1.29 is 28.9 Å². The molecule has 0 aromatic heterocycles. The number of carboxylic acids is 1. The van der Waals surface area contributed by atoms with Crippen molar-refractivity contribution in [2.75, 3.05) is 26.6 Å². The Morgan fingerprint density at radius 2 is 1.59 bits per heavy atom. The van der Waals surface area contributed by atoms with Gasteiger partial charge >= 0.3 is 0 Å². The summed E-state index contributed by atoms with van der Waals surface area (Å²) in [7, 11) is 4.32. The van der Waals surface area contributed by atoms with E-state index in [4.69, 9.17) is 26.4 Å². The Morgan fingerprint density at radius 3 is 2.11 bits per heavy atom. The maximum atomic E-state index is 12.5. The van der Waals surface area contributed by atoms with Gasteiger partial charge in [0.05, 0.1) is 27.3 Å². The Labute approximate surface area is 161 Å². The summed E-state index contributed by atoms with van der Waals surface area (Å²) < 4.78 is 15.6. The number of methoxy groups -OCH3 is 3. The van der Waals surface area contributed by atoms with Crippen molar-refractivity contribution in [3.8, 4) is 17.2 Å². The normalized spacial score (nSPS) is 9.89. The van der Waals surface area contributed by atoms with E-state index >= 15 is 0 Å². The molecular weight excluding hydrogens is 372 g/mol. The van der Waals surface area contributed by atoms with Gasteiger partial charge in [-0.15, -0.1) is 0 Å². The number of nitrogens with one attached hydrogen (secondary N) is 2. The predicted molar refractivity (Wildman–Crippen MR) is 101 cm³/mol. The third-order valence-corrected chi connectivity index (χ3v) is 3.75. The highest BCUT2D eigenvalue weighted by molar-refractivity contribution is 7.80. The maximum Gasteiger partial charge on any atom is 0.257 e. The van der Waals surface area contributed by atoms with Gasteiger partial charge in [0.15, 0.2) is 16.6 Å². The number of amides is 1. The molecule has 0 heterocycles. The fraction of sp³-hybridized carbons (Fsp3) is 0.167. The number of benzene rings is 2. The quantitative estimate of drug-likeness (QED) is 0.710. The first-order valence-electron chi connectivity index (χ1n) is 7.64. The van der Waals surface area contributed by atoms with Crippen molar-refractivity contribution in [1.82, 2.24) is 5.32 Å². The summed E-state index contributed by atoms with van der Waals surface area (Å²) in [6.07, 6.45) is 0. The third kappa shape index (κ3) is 4.64. The first kappa shape index (κ1) is 20.0. The first-order valence-corrected chi connectivity index (χ1v) is 8.04. The standard InChI is InChI=1S/C18H18N2O6S/c1-24-13-8-10(9-14(25-2)15(13)26-3)16(21)20-18(27)19-12-7-5-4-6-11(12)17(22)23/h4-9H,1-3H3,(H,22,23)(H2,19,20,21,27)/p-1. The Hall–Kier alpha value is -3.33. The summed E-state index contributed by atoms with van der Waals surface area (Å²) in [5.74, 6) is -0.943. The van der Waals surface area contributed by atoms with Crippen LogP contribution in [0.25, 0.3) is 0 Å². The van der Waals surface area contributed by atoms with E-state index in [0.717, 1.165) is 0 Å². The van der Waals surface area contributed by atoms with E-state index in [1.54, 1.807) is 12.1 Å². The van der Waals surface area contributed by atoms with E-state index in [0.29, 0.717) is 17.2 Å². The van der Waals surface area contributed by atoms with Crippen molar-refractivity contribution in [3.05, 3.63) is 47.5 Å². The molecule has 27 heavy (non-hydrogen) atoms. The molecule has 1 amide bonds. The van der Waals surface area contributed by atoms with Crippen LogP contribution in [-0.4, -0.2) is 38.3 Å². The lowest BCUT2D eigenvalue weighted by atomic mass is 10.1. The molecule has 0 aliphatic heterocycles. The monoisotopic (exact) mass is 389 g/mol. The second kappa shape index (κ2) is 8.86. The van der Waals surface area contributed by atoms with E-state index in [-0.39, 0.29) is 21.9 Å². The average molecular weight is 389 g/mol. The van der Waals surface area contributed by atoms with Crippen LogP contribution in [0.15, 0.2) is 36.4 Å². The van der Waals surface area contributed by atoms with Crippen LogP contribution >= 0.6 is 12.2 Å². The first-order chi connectivity index (χ1) is 12.9. The second-order valence-electron chi connectivity index (χ2n) is 5.16. The number of carbonyl (C=O) groups excluding carboxylic acids is 2. The van der Waals surface area contributed by atoms with Gasteiger partial charge in [-0.05, 0) is 30.4 Å². The summed E-state index contributed by atoms with van der Waals surface area (Å²) in [6, 6.07) is 8.97. The lowest BCUT2D eigenvalue weighted by molar-refractivity contribution is -0.254. The van der Waals surface area contributed by atoms with Crippen molar-refractivity contribution >= 4 is 34.9 Å². The largest absolute Gasteiger partial charge is 0.545 e. The molecule has 0 aliphatic rings. The molecular formula is C18H17N2O6S-. The number of anilines is 1. The van der Waals surface area contributed by atoms with Crippen LogP contribution in [0.1, 0.15) is 20.7 Å². The smallest absolute Gasteiger partial charge is 0.257 e. The van der Waals surface area contributed by atoms with Crippen LogP contribution in [0, 0.1) is 0 Å². The zero-order valence-electron chi connectivity index (χ0n) is 14.8. The van der Waals surface area contributed by atoms with Gasteiger partial charge in [0.25, 0.3) is 5.91 Å². The number of thiocarbonyl (C=S) groups is 1. The summed E-state index contributed by atoms with van der Waals surface area (Å²) in [5, 5.41) is 16.2. The molecule has 8 nitrogen and oxygen atoms in total. The van der Waals surface area contributed by atoms with Crippen LogP contribution in [0.2, 0.25) is 0 Å². The molecule has 0 saturated heterocycles. The topological polar surface area (TPSA) is 109 Å². The molecule has 2 N–H and O–H groups in total. The van der Waals surface area contributed by atoms with E-state index in [1.165, 1.54) is 45.6 Å². The van der Waals surface area contributed by atoms with Crippen LogP contribution in [0.3, 0.4) is 0 Å². The third-order valence-electron chi connectivity index (χ3n) is 3.55. The SMILES string of the molecule is COc1cc(C(=O)NC(=S)Nc2ccccc2C(=O)[O-])cc(OC)c1OC. The summed E-state index contributed by atoms with van der Waals surface area (Å²) in [4.78, 5) is 23.6. The number of hydrogen-bond acceptors (Lipinski definition) is 7. The molecule has 0 spiro atoms. The highest BCUT2D eigenvalue weighted by Crippen LogP contribution is 2.38. The fourth-order valence-corrected chi connectivity index (χ4v) is 2.51. The number of carbonyl (C=O) groups is 2. The summed E-state index contributed by atoms with van der Waals surface area (Å²) in [5.41, 5.74) is 0.330. The molecule has 0 atom stereocenters. The summed E-state index contributed by atoms with van der Waals surface area (Å²) in [6.45, 7) is 0. The minimum Gasteiger partial charge on any atom is -0.545 e. The van der Waals surface area contributed by atoms with Crippen LogP contribution in [0.5, 0.6) is 17.2 Å². The lowest BCUT2D eigenvalue weighted by Gasteiger charge is -2.16. The number of rotatable bonds is 6. The number of hydrogen-bond donors (Lipinski definition) is 2. The molecule has 0 fully saturated rings. The van der Waals surface area contributed by atoms with Crippen LogP contribution in [-0.2, 0) is 0 Å². The predicted octanol–water partition coefficient (Wildman–Crippen LogP) is 1.20. The minimum atomic E-state index is -1.36. The Bertz CT molecular complexity index is 859. The van der Waals surface area contributed by atoms with Crippen molar-refractivity contribution in [2.45, 2.75) is 0 Å². The molecule has 0 bridgehead atoms. The highest BCUT2D eigenvalue weighted by Gasteiger charge is 2.18. The molecule has 0 aliphatic carbocycles. The van der Waals surface area contributed by atoms with Crippen LogP contribution in [0.4, 0.5) is 5.69 Å². The highest BCUT2D eigenvalue weighted by atomic mass is 32.1. The number of para-hydroxylation sites is 1. The van der Waals surface area contributed by atoms with Gasteiger partial charge in [0, 0.05) is 16.8 Å². The van der Waals surface area contributed by atoms with Crippen LogP contribution < -0.4 is 30.0 Å². The Morgan fingerprint density at radius 1 is 1.00 bits per heavy atom. The minimum absolute atomic E-state index is 0.0811. The Kier molecular flexibility index (Phi) is 6.56. The van der Waals surface area contributed by atoms with Gasteiger partial charge in [-0.2, -0.15) is 0 Å². The van der Waals surface area contributed by atoms with Gasteiger partial charge in [-0.3, -0.25) is 10.1 Å². The molecule has 142 valence electrons. The second-order valence-corrected chi connectivity index (χ2v) is 5.56. The zero-order valence-corrected chi connectivity index (χ0v) is 15.6. The molecule has 0 radical (unpaired) electrons. The van der Waals surface area contributed by atoms with Gasteiger partial charge in [0.2, 0.25) is 5.75 Å². The average Bonchev–Trinajstić information content (AvgIpc) is 2.66. The van der Waals surface area contributed by atoms with Crippen molar-refractivity contribution in [1.29, 1.82) is 0 Å². The van der Waals surface area contributed by atoms with E-state index < -0.39 is 11.9 Å². The Balaban J connectivity index is 2.20. The van der Waals surface area contributed by atoms with E-state index in [9.17, 15) is 14.7 Å². The lowest BCUT2D eigenvalue weighted by Crippen LogP contribution is -2.35. The summed E-state index contributed by atoms with van der Waals surface area (Å²) >= 11 is 5.09. The van der Waals surface area contributed by atoms with E-state index in [2.05, 4.69) is 10.6 Å². The molecule has 9 heteroatoms. The van der Waals surface area contributed by atoms with Gasteiger partial charge in [0.1, 0.15) is 0 Å². The van der Waals surface area contributed by atoms with Gasteiger partial charge in [-0.25, -0.2) is 0 Å². The number of carboxylic acid groups (broad SMARTS) is 1. The fourth-order valence-electron chi connectivity index (χ4n) is 2.31. The van der Waals surface area contributed by atoms with Crippen molar-refractivity contribution in [2.24, 2.45) is 0 Å². The molecule has 2 aromatic rings. The molecule has 0 unspecified atom stereocenters. The molecule has 2 aromatic carbocycles. The molecule has 2 rings (SSSR count). The number of ether oxygens (including phenoxy) is 3. The van der Waals surface area contributed by atoms with E-state index in [1.807, 2.05) is 0 Å².